The number of amides is 2. The van der Waals surface area contributed by atoms with Crippen LogP contribution in [-0.4, -0.2) is 29.6 Å². The Morgan fingerprint density at radius 1 is 1.67 bits per heavy atom. The molecule has 0 aromatic carbocycles. The van der Waals surface area contributed by atoms with E-state index in [9.17, 15) is 9.59 Å². The highest BCUT2D eigenvalue weighted by Gasteiger charge is 2.20. The summed E-state index contributed by atoms with van der Waals surface area (Å²) in [6, 6.07) is 1.48. The molecule has 6 heteroatoms. The van der Waals surface area contributed by atoms with E-state index in [1.54, 1.807) is 0 Å². The average Bonchev–Trinajstić information content (AvgIpc) is 2.74. The number of piperidine rings is 1. The molecule has 1 unspecified atom stereocenters. The molecule has 15 heavy (non-hydrogen) atoms. The Balaban J connectivity index is 1.87. The molecule has 6 nitrogen and oxygen atoms in total. The van der Waals surface area contributed by atoms with Gasteiger partial charge in [-0.3, -0.25) is 9.59 Å². The van der Waals surface area contributed by atoms with Crippen molar-refractivity contribution in [1.82, 2.24) is 15.8 Å². The number of nitrogens with one attached hydrogen (secondary N) is 2. The number of carbonyl (C=O) groups excluding carboxylic acids is 2. The number of hydrogen-bond donors (Lipinski definition) is 2. The first-order chi connectivity index (χ1) is 7.25. The summed E-state index contributed by atoms with van der Waals surface area (Å²) in [5.74, 6) is -0.244. The Bertz CT molecular complexity index is 351. The molecule has 0 saturated carbocycles. The molecule has 0 radical (unpaired) electrons. The minimum atomic E-state index is -0.273. The van der Waals surface area contributed by atoms with Gasteiger partial charge in [0.15, 0.2) is 5.69 Å². The van der Waals surface area contributed by atoms with Crippen molar-refractivity contribution in [2.45, 2.75) is 18.9 Å². The second-order valence-corrected chi connectivity index (χ2v) is 3.40. The SMILES string of the molecule is O=C1CCC(NC(=O)c2ccon2)CN1. The van der Waals surface area contributed by atoms with Crippen LogP contribution in [-0.2, 0) is 4.79 Å². The maximum atomic E-state index is 11.5. The smallest absolute Gasteiger partial charge is 0.273 e. The first-order valence-corrected chi connectivity index (χ1v) is 4.73. The third-order valence-electron chi connectivity index (χ3n) is 2.27. The largest absolute Gasteiger partial charge is 0.364 e. The van der Waals surface area contributed by atoms with Crippen LogP contribution in [0.3, 0.4) is 0 Å². The number of hydrogen-bond acceptors (Lipinski definition) is 4. The van der Waals surface area contributed by atoms with Gasteiger partial charge in [-0.15, -0.1) is 0 Å². The van der Waals surface area contributed by atoms with Crippen LogP contribution in [0.15, 0.2) is 16.9 Å². The van der Waals surface area contributed by atoms with Gasteiger partial charge in [0.1, 0.15) is 6.26 Å². The van der Waals surface area contributed by atoms with E-state index >= 15 is 0 Å². The van der Waals surface area contributed by atoms with Gasteiger partial charge in [-0.05, 0) is 6.42 Å². The molecular weight excluding hydrogens is 198 g/mol. The standard InChI is InChI=1S/C9H11N3O3/c13-8-2-1-6(5-10-8)11-9(14)7-3-4-15-12-7/h3-4,6H,1-2,5H2,(H,10,13)(H,11,14). The highest BCUT2D eigenvalue weighted by molar-refractivity contribution is 5.92. The maximum Gasteiger partial charge on any atom is 0.273 e. The van der Waals surface area contributed by atoms with Crippen LogP contribution in [0, 0.1) is 0 Å². The van der Waals surface area contributed by atoms with Gasteiger partial charge < -0.3 is 15.2 Å². The second kappa shape index (κ2) is 4.12. The second-order valence-electron chi connectivity index (χ2n) is 3.40. The summed E-state index contributed by atoms with van der Waals surface area (Å²) in [6.07, 6.45) is 2.46. The summed E-state index contributed by atoms with van der Waals surface area (Å²) in [6.45, 7) is 0.475. The fourth-order valence-corrected chi connectivity index (χ4v) is 1.45. The zero-order valence-electron chi connectivity index (χ0n) is 8.03. The average molecular weight is 209 g/mol. The van der Waals surface area contributed by atoms with Gasteiger partial charge in [-0.1, -0.05) is 5.16 Å². The van der Waals surface area contributed by atoms with Gasteiger partial charge in [-0.25, -0.2) is 0 Å². The number of aromatic nitrogens is 1. The van der Waals surface area contributed by atoms with Crippen LogP contribution in [0.4, 0.5) is 0 Å². The van der Waals surface area contributed by atoms with E-state index in [1.165, 1.54) is 12.3 Å². The molecule has 1 aliphatic heterocycles. The van der Waals surface area contributed by atoms with Crippen LogP contribution in [0.1, 0.15) is 23.3 Å². The Morgan fingerprint density at radius 3 is 3.13 bits per heavy atom. The van der Waals surface area contributed by atoms with Gasteiger partial charge in [-0.2, -0.15) is 0 Å². The lowest BCUT2D eigenvalue weighted by Gasteiger charge is -2.22. The Kier molecular flexibility index (Phi) is 2.66. The van der Waals surface area contributed by atoms with Crippen molar-refractivity contribution < 1.29 is 14.1 Å². The van der Waals surface area contributed by atoms with Gasteiger partial charge in [0.25, 0.3) is 5.91 Å². The van der Waals surface area contributed by atoms with Crippen LogP contribution < -0.4 is 10.6 Å². The third-order valence-corrected chi connectivity index (χ3v) is 2.27. The molecule has 80 valence electrons. The molecule has 1 atom stereocenters. The van der Waals surface area contributed by atoms with Gasteiger partial charge in [0.2, 0.25) is 5.91 Å². The van der Waals surface area contributed by atoms with Crippen molar-refractivity contribution in [3.8, 4) is 0 Å². The molecule has 2 heterocycles. The van der Waals surface area contributed by atoms with E-state index in [1.807, 2.05) is 0 Å². The molecule has 1 fully saturated rings. The van der Waals surface area contributed by atoms with E-state index in [-0.39, 0.29) is 23.6 Å². The number of nitrogens with zero attached hydrogens (tertiary/aromatic N) is 1. The Labute approximate surface area is 86.0 Å². The predicted molar refractivity (Wildman–Crippen MR) is 50.0 cm³/mol. The van der Waals surface area contributed by atoms with Crippen LogP contribution in [0.5, 0.6) is 0 Å². The molecule has 0 aliphatic carbocycles. The summed E-state index contributed by atoms with van der Waals surface area (Å²) in [4.78, 5) is 22.4. The van der Waals surface area contributed by atoms with E-state index < -0.39 is 0 Å². The summed E-state index contributed by atoms with van der Waals surface area (Å²) in [7, 11) is 0. The van der Waals surface area contributed by atoms with Gasteiger partial charge in [0.05, 0.1) is 0 Å². The minimum Gasteiger partial charge on any atom is -0.364 e. The Morgan fingerprint density at radius 2 is 2.53 bits per heavy atom. The fourth-order valence-electron chi connectivity index (χ4n) is 1.45. The number of rotatable bonds is 2. The van der Waals surface area contributed by atoms with Crippen molar-refractivity contribution in [2.75, 3.05) is 6.54 Å². The first kappa shape index (κ1) is 9.70. The molecule has 1 aromatic heterocycles. The lowest BCUT2D eigenvalue weighted by atomic mass is 10.1. The maximum absolute atomic E-state index is 11.5. The first-order valence-electron chi connectivity index (χ1n) is 4.73. The van der Waals surface area contributed by atoms with Crippen molar-refractivity contribution in [2.24, 2.45) is 0 Å². The normalized spacial score (nSPS) is 20.8. The molecule has 0 spiro atoms. The lowest BCUT2D eigenvalue weighted by molar-refractivity contribution is -0.122. The monoisotopic (exact) mass is 209 g/mol. The molecular formula is C9H11N3O3. The van der Waals surface area contributed by atoms with E-state index in [0.717, 1.165) is 0 Å². The lowest BCUT2D eigenvalue weighted by Crippen LogP contribution is -2.47. The highest BCUT2D eigenvalue weighted by Crippen LogP contribution is 2.04. The molecule has 0 bridgehead atoms. The number of carbonyl (C=O) groups is 2. The molecule has 2 N–H and O–H groups in total. The Hall–Kier alpha value is -1.85. The molecule has 2 rings (SSSR count). The van der Waals surface area contributed by atoms with Crippen LogP contribution in [0.25, 0.3) is 0 Å². The van der Waals surface area contributed by atoms with Crippen molar-refractivity contribution in [3.05, 3.63) is 18.0 Å². The molecule has 1 aromatic rings. The minimum absolute atomic E-state index is 0.0214. The summed E-state index contributed by atoms with van der Waals surface area (Å²) >= 11 is 0. The zero-order chi connectivity index (χ0) is 10.7. The summed E-state index contributed by atoms with van der Waals surface area (Å²) < 4.78 is 4.56. The fraction of sp³-hybridized carbons (Fsp3) is 0.444. The zero-order valence-corrected chi connectivity index (χ0v) is 8.03. The molecule has 1 aliphatic rings. The predicted octanol–water partition coefficient (Wildman–Crippen LogP) is -0.317. The van der Waals surface area contributed by atoms with E-state index in [4.69, 9.17) is 0 Å². The topological polar surface area (TPSA) is 84.2 Å². The van der Waals surface area contributed by atoms with Gasteiger partial charge >= 0.3 is 0 Å². The quantitative estimate of drug-likeness (QED) is 0.699. The summed E-state index contributed by atoms with van der Waals surface area (Å²) in [5.41, 5.74) is 0.256. The third kappa shape index (κ3) is 2.34. The van der Waals surface area contributed by atoms with Crippen LogP contribution in [0.2, 0.25) is 0 Å². The van der Waals surface area contributed by atoms with E-state index in [0.29, 0.717) is 19.4 Å². The van der Waals surface area contributed by atoms with E-state index in [2.05, 4.69) is 20.3 Å². The van der Waals surface area contributed by atoms with Gasteiger partial charge in [0, 0.05) is 25.1 Å². The van der Waals surface area contributed by atoms with Crippen molar-refractivity contribution in [3.63, 3.8) is 0 Å². The van der Waals surface area contributed by atoms with Crippen molar-refractivity contribution in [1.29, 1.82) is 0 Å². The highest BCUT2D eigenvalue weighted by atomic mass is 16.5. The van der Waals surface area contributed by atoms with Crippen LogP contribution >= 0.6 is 0 Å². The summed E-state index contributed by atoms with van der Waals surface area (Å²) in [5, 5.41) is 8.97. The molecule has 1 saturated heterocycles. The van der Waals surface area contributed by atoms with Crippen molar-refractivity contribution >= 4 is 11.8 Å². The molecule has 2 amide bonds.